The number of fused-ring (bicyclic) bond motifs is 3. The van der Waals surface area contributed by atoms with Gasteiger partial charge in [0.15, 0.2) is 5.82 Å². The van der Waals surface area contributed by atoms with Gasteiger partial charge in [0.25, 0.3) is 11.3 Å². The lowest BCUT2D eigenvalue weighted by molar-refractivity contribution is 0.934. The van der Waals surface area contributed by atoms with Crippen molar-refractivity contribution in [1.29, 1.82) is 0 Å². The van der Waals surface area contributed by atoms with Crippen molar-refractivity contribution in [3.05, 3.63) is 77.7 Å². The summed E-state index contributed by atoms with van der Waals surface area (Å²) in [5, 5.41) is 4.93. The maximum absolute atomic E-state index is 12.9. The van der Waals surface area contributed by atoms with Crippen LogP contribution in [0.4, 0.5) is 0 Å². The second kappa shape index (κ2) is 5.55. The van der Waals surface area contributed by atoms with Crippen LogP contribution >= 0.6 is 0 Å². The third kappa shape index (κ3) is 2.16. The Bertz CT molecular complexity index is 1290. The van der Waals surface area contributed by atoms with Gasteiger partial charge >= 0.3 is 0 Å². The van der Waals surface area contributed by atoms with Crippen LogP contribution in [0.2, 0.25) is 0 Å². The number of rotatable bonds is 2. The minimum absolute atomic E-state index is 0.214. The maximum atomic E-state index is 12.9. The van der Waals surface area contributed by atoms with Crippen molar-refractivity contribution in [2.45, 2.75) is 0 Å². The number of hydrogen-bond donors (Lipinski definition) is 0. The molecule has 0 radical (unpaired) electrons. The molecular weight excluding hydrogens is 330 g/mol. The van der Waals surface area contributed by atoms with Crippen LogP contribution in [-0.2, 0) is 0 Å². The van der Waals surface area contributed by atoms with E-state index in [2.05, 4.69) is 25.0 Å². The second-order valence-corrected chi connectivity index (χ2v) is 5.62. The number of aromatic nitrogens is 7. The first kappa shape index (κ1) is 14.4. The van der Waals surface area contributed by atoms with Crippen molar-refractivity contribution in [2.75, 3.05) is 0 Å². The highest BCUT2D eigenvalue weighted by Gasteiger charge is 2.13. The van der Waals surface area contributed by atoms with E-state index in [1.807, 2.05) is 24.3 Å². The molecule has 124 valence electrons. The third-order valence-corrected chi connectivity index (χ3v) is 4.05. The van der Waals surface area contributed by atoms with Crippen LogP contribution in [0.25, 0.3) is 33.9 Å². The SMILES string of the molecule is O=c1c2cnc3nc(-c4cccnc4)nn3c2ccn1-c1ccccn1. The lowest BCUT2D eigenvalue weighted by Crippen LogP contribution is -2.19. The van der Waals surface area contributed by atoms with E-state index < -0.39 is 0 Å². The minimum Gasteiger partial charge on any atom is -0.268 e. The molecule has 0 N–H and O–H groups in total. The minimum atomic E-state index is -0.214. The van der Waals surface area contributed by atoms with Crippen LogP contribution in [0.5, 0.6) is 0 Å². The standard InChI is InChI=1S/C18H11N7O/c26-17-13-11-21-18-22-16(12-4-3-7-19-10-12)23-25(18)14(13)6-9-24(17)15-5-1-2-8-20-15/h1-11H. The molecule has 5 heterocycles. The first-order chi connectivity index (χ1) is 12.8. The molecule has 0 fully saturated rings. The number of nitrogens with zero attached hydrogens (tertiary/aromatic N) is 7. The molecule has 5 aromatic heterocycles. The van der Waals surface area contributed by atoms with Gasteiger partial charge in [0.2, 0.25) is 0 Å². The molecule has 0 amide bonds. The molecule has 26 heavy (non-hydrogen) atoms. The van der Waals surface area contributed by atoms with Gasteiger partial charge in [-0.15, -0.1) is 5.10 Å². The summed E-state index contributed by atoms with van der Waals surface area (Å²) in [6, 6.07) is 10.9. The normalized spacial score (nSPS) is 11.2. The number of hydrogen-bond acceptors (Lipinski definition) is 6. The van der Waals surface area contributed by atoms with Gasteiger partial charge in [-0.3, -0.25) is 14.3 Å². The highest BCUT2D eigenvalue weighted by Crippen LogP contribution is 2.17. The fourth-order valence-electron chi connectivity index (χ4n) is 2.81. The zero-order valence-electron chi connectivity index (χ0n) is 13.4. The number of pyridine rings is 3. The Morgan fingerprint density at radius 2 is 1.88 bits per heavy atom. The Balaban J connectivity index is 1.75. The van der Waals surface area contributed by atoms with E-state index in [0.29, 0.717) is 28.3 Å². The maximum Gasteiger partial charge on any atom is 0.267 e. The Labute approximate surface area is 146 Å². The van der Waals surface area contributed by atoms with Gasteiger partial charge in [0.05, 0.1) is 10.9 Å². The molecule has 0 atom stereocenters. The molecule has 5 rings (SSSR count). The van der Waals surface area contributed by atoms with Crippen molar-refractivity contribution in [2.24, 2.45) is 0 Å². The Kier molecular flexibility index (Phi) is 3.08. The Morgan fingerprint density at radius 1 is 0.923 bits per heavy atom. The molecule has 0 aromatic carbocycles. The average Bonchev–Trinajstić information content (AvgIpc) is 3.14. The second-order valence-electron chi connectivity index (χ2n) is 5.62. The largest absolute Gasteiger partial charge is 0.268 e. The van der Waals surface area contributed by atoms with Gasteiger partial charge < -0.3 is 0 Å². The van der Waals surface area contributed by atoms with E-state index in [1.165, 1.54) is 10.8 Å². The molecule has 8 heteroatoms. The third-order valence-electron chi connectivity index (χ3n) is 4.05. The highest BCUT2D eigenvalue weighted by atomic mass is 16.1. The fourth-order valence-corrected chi connectivity index (χ4v) is 2.81. The lowest BCUT2D eigenvalue weighted by Gasteiger charge is -2.06. The smallest absolute Gasteiger partial charge is 0.267 e. The van der Waals surface area contributed by atoms with Crippen molar-refractivity contribution < 1.29 is 0 Å². The van der Waals surface area contributed by atoms with Crippen molar-refractivity contribution in [1.82, 2.24) is 34.1 Å². The zero-order valence-corrected chi connectivity index (χ0v) is 13.4. The molecule has 0 saturated carbocycles. The van der Waals surface area contributed by atoms with Crippen LogP contribution in [0.1, 0.15) is 0 Å². The summed E-state index contributed by atoms with van der Waals surface area (Å²) in [5.74, 6) is 1.48. The molecule has 0 aliphatic heterocycles. The Morgan fingerprint density at radius 3 is 2.69 bits per heavy atom. The van der Waals surface area contributed by atoms with Crippen LogP contribution < -0.4 is 5.56 Å². The topological polar surface area (TPSA) is 90.9 Å². The van der Waals surface area contributed by atoms with Gasteiger partial charge in [0.1, 0.15) is 5.82 Å². The lowest BCUT2D eigenvalue weighted by atomic mass is 10.3. The first-order valence-electron chi connectivity index (χ1n) is 7.90. The summed E-state index contributed by atoms with van der Waals surface area (Å²) >= 11 is 0. The molecule has 0 aliphatic carbocycles. The summed E-state index contributed by atoms with van der Waals surface area (Å²) in [6.45, 7) is 0. The van der Waals surface area contributed by atoms with E-state index in [4.69, 9.17) is 0 Å². The molecule has 8 nitrogen and oxygen atoms in total. The molecule has 0 aliphatic rings. The summed E-state index contributed by atoms with van der Waals surface area (Å²) in [4.78, 5) is 29.9. The van der Waals surface area contributed by atoms with E-state index in [1.54, 1.807) is 41.4 Å². The first-order valence-corrected chi connectivity index (χ1v) is 7.90. The van der Waals surface area contributed by atoms with Crippen molar-refractivity contribution >= 4 is 16.7 Å². The van der Waals surface area contributed by atoms with Gasteiger partial charge in [0, 0.05) is 36.5 Å². The van der Waals surface area contributed by atoms with Crippen LogP contribution in [-0.4, -0.2) is 34.1 Å². The van der Waals surface area contributed by atoms with Crippen LogP contribution in [0, 0.1) is 0 Å². The van der Waals surface area contributed by atoms with E-state index >= 15 is 0 Å². The van der Waals surface area contributed by atoms with Gasteiger partial charge in [-0.05, 0) is 30.3 Å². The molecular formula is C18H11N7O. The fraction of sp³-hybridized carbons (Fsp3) is 0. The van der Waals surface area contributed by atoms with Crippen LogP contribution in [0.15, 0.2) is 72.2 Å². The molecule has 0 spiro atoms. The van der Waals surface area contributed by atoms with Gasteiger partial charge in [-0.2, -0.15) is 9.50 Å². The van der Waals surface area contributed by atoms with Gasteiger partial charge in [-0.1, -0.05) is 6.07 Å². The van der Waals surface area contributed by atoms with Crippen LogP contribution in [0.3, 0.4) is 0 Å². The summed E-state index contributed by atoms with van der Waals surface area (Å²) in [7, 11) is 0. The quantitative estimate of drug-likeness (QED) is 0.487. The van der Waals surface area contributed by atoms with E-state index in [0.717, 1.165) is 5.56 Å². The molecule has 0 unspecified atom stereocenters. The highest BCUT2D eigenvalue weighted by molar-refractivity contribution is 5.79. The monoisotopic (exact) mass is 341 g/mol. The van der Waals surface area contributed by atoms with E-state index in [-0.39, 0.29) is 5.56 Å². The average molecular weight is 341 g/mol. The van der Waals surface area contributed by atoms with Gasteiger partial charge in [-0.25, -0.2) is 9.97 Å². The van der Waals surface area contributed by atoms with E-state index in [9.17, 15) is 4.79 Å². The molecule has 5 aromatic rings. The predicted octanol–water partition coefficient (Wildman–Crippen LogP) is 1.89. The predicted molar refractivity (Wildman–Crippen MR) is 94.9 cm³/mol. The van der Waals surface area contributed by atoms with Crippen molar-refractivity contribution in [3.8, 4) is 17.2 Å². The molecule has 0 bridgehead atoms. The summed E-state index contributed by atoms with van der Waals surface area (Å²) in [6.07, 6.45) is 8.22. The summed E-state index contributed by atoms with van der Waals surface area (Å²) < 4.78 is 3.05. The molecule has 0 saturated heterocycles. The zero-order chi connectivity index (χ0) is 17.5. The summed E-state index contributed by atoms with van der Waals surface area (Å²) in [5.41, 5.74) is 1.21. The Hall–Kier alpha value is -3.94. The van der Waals surface area contributed by atoms with Crippen molar-refractivity contribution in [3.63, 3.8) is 0 Å².